The molecule has 1 heterocycles. The molecule has 104 valence electrons. The largest absolute Gasteiger partial charge is 0.479 e. The van der Waals surface area contributed by atoms with Crippen LogP contribution in [-0.2, 0) is 11.2 Å². The lowest BCUT2D eigenvalue weighted by Crippen LogP contribution is -2.43. The second-order valence-electron chi connectivity index (χ2n) is 4.80. The van der Waals surface area contributed by atoms with Crippen LogP contribution in [0.2, 0.25) is 0 Å². The first-order valence-electron chi connectivity index (χ1n) is 6.62. The molecule has 0 radical (unpaired) electrons. The van der Waals surface area contributed by atoms with E-state index in [2.05, 4.69) is 22.3 Å². The van der Waals surface area contributed by atoms with Gasteiger partial charge in [-0.3, -0.25) is 0 Å². The molecule has 1 saturated heterocycles. The van der Waals surface area contributed by atoms with Gasteiger partial charge >= 0.3 is 5.97 Å². The van der Waals surface area contributed by atoms with Crippen molar-refractivity contribution in [3.8, 4) is 0 Å². The molecule has 0 saturated carbocycles. The van der Waals surface area contributed by atoms with Gasteiger partial charge in [-0.15, -0.1) is 0 Å². The number of piperazine rings is 1. The van der Waals surface area contributed by atoms with E-state index in [9.17, 15) is 9.90 Å². The summed E-state index contributed by atoms with van der Waals surface area (Å²) in [6.07, 6.45) is -0.440. The molecular weight excluding hydrogens is 244 g/mol. The lowest BCUT2D eigenvalue weighted by molar-refractivity contribution is -0.146. The predicted molar refractivity (Wildman–Crippen MR) is 73.5 cm³/mol. The van der Waals surface area contributed by atoms with Gasteiger partial charge < -0.3 is 20.4 Å². The van der Waals surface area contributed by atoms with Crippen LogP contribution in [0.25, 0.3) is 0 Å². The van der Waals surface area contributed by atoms with Crippen molar-refractivity contribution in [1.82, 2.24) is 5.32 Å². The van der Waals surface area contributed by atoms with E-state index in [-0.39, 0.29) is 6.42 Å². The van der Waals surface area contributed by atoms with Crippen LogP contribution in [0.3, 0.4) is 0 Å². The highest BCUT2D eigenvalue weighted by Gasteiger charge is 2.13. The van der Waals surface area contributed by atoms with Crippen molar-refractivity contribution in [2.24, 2.45) is 0 Å². The average molecular weight is 264 g/mol. The second-order valence-corrected chi connectivity index (χ2v) is 4.80. The molecule has 19 heavy (non-hydrogen) atoms. The topological polar surface area (TPSA) is 72.8 Å². The highest BCUT2D eigenvalue weighted by atomic mass is 16.4. The number of rotatable bonds is 5. The molecular formula is C14H20N2O3. The molecule has 0 amide bonds. The van der Waals surface area contributed by atoms with Gasteiger partial charge in [-0.1, -0.05) is 12.1 Å². The molecule has 1 aromatic carbocycles. The molecule has 2 rings (SSSR count). The van der Waals surface area contributed by atoms with Gasteiger partial charge in [-0.05, 0) is 30.5 Å². The van der Waals surface area contributed by atoms with Crippen LogP contribution in [0, 0.1) is 0 Å². The third kappa shape index (κ3) is 3.94. The summed E-state index contributed by atoms with van der Waals surface area (Å²) in [5, 5.41) is 21.2. The molecule has 0 bridgehead atoms. The van der Waals surface area contributed by atoms with E-state index in [0.717, 1.165) is 31.7 Å². The fourth-order valence-corrected chi connectivity index (χ4v) is 2.22. The van der Waals surface area contributed by atoms with E-state index < -0.39 is 12.1 Å². The van der Waals surface area contributed by atoms with Crippen molar-refractivity contribution in [2.45, 2.75) is 18.9 Å². The van der Waals surface area contributed by atoms with Gasteiger partial charge in [0, 0.05) is 31.9 Å². The minimum Gasteiger partial charge on any atom is -0.479 e. The number of carboxylic acid groups (broad SMARTS) is 1. The molecule has 1 aliphatic heterocycles. The standard InChI is InChI=1S/C14H20N2O3/c17-13(14(18)19)6-3-11-1-4-12(5-2-11)16-9-7-15-8-10-16/h1-2,4-5,13,15,17H,3,6-10H2,(H,18,19). The van der Waals surface area contributed by atoms with E-state index in [1.54, 1.807) is 0 Å². The maximum absolute atomic E-state index is 10.5. The van der Waals surface area contributed by atoms with Gasteiger partial charge in [-0.25, -0.2) is 4.79 Å². The van der Waals surface area contributed by atoms with E-state index in [0.29, 0.717) is 6.42 Å². The van der Waals surface area contributed by atoms with Crippen molar-refractivity contribution < 1.29 is 15.0 Å². The summed E-state index contributed by atoms with van der Waals surface area (Å²) in [7, 11) is 0. The van der Waals surface area contributed by atoms with Gasteiger partial charge in [0.25, 0.3) is 0 Å². The number of aliphatic carboxylic acids is 1. The Hall–Kier alpha value is -1.59. The summed E-state index contributed by atoms with van der Waals surface area (Å²) in [4.78, 5) is 12.8. The Bertz CT molecular complexity index is 413. The van der Waals surface area contributed by atoms with Crippen molar-refractivity contribution in [3.05, 3.63) is 29.8 Å². The normalized spacial score (nSPS) is 17.2. The van der Waals surface area contributed by atoms with E-state index in [1.807, 2.05) is 12.1 Å². The smallest absolute Gasteiger partial charge is 0.332 e. The minimum atomic E-state index is -1.27. The number of benzene rings is 1. The predicted octanol–water partition coefficient (Wildman–Crippen LogP) is 0.474. The van der Waals surface area contributed by atoms with Crippen LogP contribution in [0.5, 0.6) is 0 Å². The number of carbonyl (C=O) groups is 1. The third-order valence-electron chi connectivity index (χ3n) is 3.41. The van der Waals surface area contributed by atoms with Crippen molar-refractivity contribution in [2.75, 3.05) is 31.1 Å². The molecule has 1 fully saturated rings. The molecule has 1 aromatic rings. The van der Waals surface area contributed by atoms with Crippen LogP contribution >= 0.6 is 0 Å². The molecule has 1 aliphatic rings. The summed E-state index contributed by atoms with van der Waals surface area (Å²) in [5.74, 6) is -1.16. The molecule has 0 spiro atoms. The summed E-state index contributed by atoms with van der Waals surface area (Å²) >= 11 is 0. The molecule has 0 aliphatic carbocycles. The number of carboxylic acids is 1. The first kappa shape index (κ1) is 13.8. The molecule has 5 nitrogen and oxygen atoms in total. The lowest BCUT2D eigenvalue weighted by Gasteiger charge is -2.29. The monoisotopic (exact) mass is 264 g/mol. The van der Waals surface area contributed by atoms with Crippen LogP contribution in [0.1, 0.15) is 12.0 Å². The number of aryl methyl sites for hydroxylation is 1. The van der Waals surface area contributed by atoms with Gasteiger partial charge in [0.1, 0.15) is 0 Å². The average Bonchev–Trinajstić information content (AvgIpc) is 2.46. The number of nitrogens with zero attached hydrogens (tertiary/aromatic N) is 1. The number of nitrogens with one attached hydrogen (secondary N) is 1. The SMILES string of the molecule is O=C(O)C(O)CCc1ccc(N2CCNCC2)cc1. The maximum atomic E-state index is 10.5. The first-order valence-corrected chi connectivity index (χ1v) is 6.62. The molecule has 1 unspecified atom stereocenters. The molecule has 1 atom stereocenters. The number of aliphatic hydroxyl groups excluding tert-OH is 1. The van der Waals surface area contributed by atoms with Crippen molar-refractivity contribution in [1.29, 1.82) is 0 Å². The number of aliphatic hydroxyl groups is 1. The van der Waals surface area contributed by atoms with Crippen LogP contribution in [0.15, 0.2) is 24.3 Å². The number of hydrogen-bond acceptors (Lipinski definition) is 4. The zero-order valence-corrected chi connectivity index (χ0v) is 10.9. The van der Waals surface area contributed by atoms with Crippen molar-refractivity contribution >= 4 is 11.7 Å². The maximum Gasteiger partial charge on any atom is 0.332 e. The summed E-state index contributed by atoms with van der Waals surface area (Å²) < 4.78 is 0. The van der Waals surface area contributed by atoms with E-state index in [1.165, 1.54) is 5.69 Å². The summed E-state index contributed by atoms with van der Waals surface area (Å²) in [6, 6.07) is 8.14. The van der Waals surface area contributed by atoms with Gasteiger partial charge in [0.15, 0.2) is 6.10 Å². The van der Waals surface area contributed by atoms with Gasteiger partial charge in [0.05, 0.1) is 0 Å². The zero-order valence-electron chi connectivity index (χ0n) is 10.9. The molecule has 0 aromatic heterocycles. The first-order chi connectivity index (χ1) is 9.16. The van der Waals surface area contributed by atoms with Crippen LogP contribution < -0.4 is 10.2 Å². The third-order valence-corrected chi connectivity index (χ3v) is 3.41. The number of anilines is 1. The van der Waals surface area contributed by atoms with Crippen LogP contribution in [-0.4, -0.2) is 48.5 Å². The zero-order chi connectivity index (χ0) is 13.7. The van der Waals surface area contributed by atoms with Crippen LogP contribution in [0.4, 0.5) is 5.69 Å². The Balaban J connectivity index is 1.89. The fourth-order valence-electron chi connectivity index (χ4n) is 2.22. The van der Waals surface area contributed by atoms with Gasteiger partial charge in [-0.2, -0.15) is 0 Å². The van der Waals surface area contributed by atoms with E-state index in [4.69, 9.17) is 5.11 Å². The Labute approximate surface area is 112 Å². The second kappa shape index (κ2) is 6.54. The minimum absolute atomic E-state index is 0.252. The Morgan fingerprint density at radius 3 is 2.47 bits per heavy atom. The van der Waals surface area contributed by atoms with E-state index >= 15 is 0 Å². The quantitative estimate of drug-likeness (QED) is 0.721. The lowest BCUT2D eigenvalue weighted by atomic mass is 10.1. The highest BCUT2D eigenvalue weighted by molar-refractivity contribution is 5.71. The molecule has 5 heteroatoms. The Morgan fingerprint density at radius 2 is 1.89 bits per heavy atom. The Kier molecular flexibility index (Phi) is 4.76. The molecule has 3 N–H and O–H groups in total. The fraction of sp³-hybridized carbons (Fsp3) is 0.500. The van der Waals surface area contributed by atoms with Crippen molar-refractivity contribution in [3.63, 3.8) is 0 Å². The summed E-state index contributed by atoms with van der Waals surface area (Å²) in [5.41, 5.74) is 2.25. The number of hydrogen-bond donors (Lipinski definition) is 3. The summed E-state index contributed by atoms with van der Waals surface area (Å²) in [6.45, 7) is 4.03. The highest BCUT2D eigenvalue weighted by Crippen LogP contribution is 2.17. The Morgan fingerprint density at radius 1 is 1.26 bits per heavy atom. The van der Waals surface area contributed by atoms with Gasteiger partial charge in [0.2, 0.25) is 0 Å².